The molecule has 0 aliphatic rings. The summed E-state index contributed by atoms with van der Waals surface area (Å²) in [6, 6.07) is 15.0. The lowest BCUT2D eigenvalue weighted by molar-refractivity contribution is 1.19. The summed E-state index contributed by atoms with van der Waals surface area (Å²) in [6.07, 6.45) is 0. The van der Waals surface area contributed by atoms with Crippen molar-refractivity contribution in [2.45, 2.75) is 13.8 Å². The molecular weight excluding hydrogens is 220 g/mol. The minimum Gasteiger partial charge on any atom is -0.388 e. The lowest BCUT2D eigenvalue weighted by Gasteiger charge is -2.21. The molecule has 2 nitrogen and oxygen atoms in total. The SMILES string of the molecule is CNc1cccc(N(C)c2cc(C)cc(C)c2)c1. The summed E-state index contributed by atoms with van der Waals surface area (Å²) >= 11 is 0. The Bertz CT molecular complexity index is 526. The molecule has 1 N–H and O–H groups in total. The molecule has 2 heteroatoms. The average Bonchev–Trinajstić information content (AvgIpc) is 2.37. The fourth-order valence-electron chi connectivity index (χ4n) is 2.16. The van der Waals surface area contributed by atoms with Crippen LogP contribution in [0.15, 0.2) is 42.5 Å². The molecule has 0 aliphatic carbocycles. The fraction of sp³-hybridized carbons (Fsp3) is 0.250. The van der Waals surface area contributed by atoms with Crippen molar-refractivity contribution in [2.24, 2.45) is 0 Å². The molecule has 94 valence electrons. The quantitative estimate of drug-likeness (QED) is 0.868. The minimum atomic E-state index is 1.13. The van der Waals surface area contributed by atoms with E-state index in [1.807, 2.05) is 7.05 Å². The van der Waals surface area contributed by atoms with Crippen LogP contribution in [-0.2, 0) is 0 Å². The lowest BCUT2D eigenvalue weighted by atomic mass is 10.1. The Morgan fingerprint density at radius 3 is 2.17 bits per heavy atom. The van der Waals surface area contributed by atoms with Gasteiger partial charge < -0.3 is 10.2 Å². The summed E-state index contributed by atoms with van der Waals surface area (Å²) in [5, 5.41) is 3.17. The van der Waals surface area contributed by atoms with Crippen molar-refractivity contribution in [3.05, 3.63) is 53.6 Å². The van der Waals surface area contributed by atoms with Crippen LogP contribution in [0.1, 0.15) is 11.1 Å². The van der Waals surface area contributed by atoms with Gasteiger partial charge in [0.1, 0.15) is 0 Å². The molecule has 2 aromatic carbocycles. The maximum atomic E-state index is 3.17. The van der Waals surface area contributed by atoms with Gasteiger partial charge in [0, 0.05) is 31.2 Å². The van der Waals surface area contributed by atoms with Gasteiger partial charge in [-0.3, -0.25) is 0 Å². The van der Waals surface area contributed by atoms with E-state index in [2.05, 4.69) is 73.6 Å². The number of nitrogens with one attached hydrogen (secondary N) is 1. The Morgan fingerprint density at radius 1 is 0.889 bits per heavy atom. The summed E-state index contributed by atoms with van der Waals surface area (Å²) in [4.78, 5) is 2.21. The third-order valence-electron chi connectivity index (χ3n) is 3.12. The van der Waals surface area contributed by atoms with Crippen LogP contribution < -0.4 is 10.2 Å². The molecule has 2 aromatic rings. The minimum absolute atomic E-state index is 1.13. The molecule has 0 bridgehead atoms. The Hall–Kier alpha value is -1.96. The van der Waals surface area contributed by atoms with Crippen LogP contribution in [0, 0.1) is 13.8 Å². The summed E-state index contributed by atoms with van der Waals surface area (Å²) in [5.41, 5.74) is 6.12. The van der Waals surface area contributed by atoms with Gasteiger partial charge in [0.25, 0.3) is 0 Å². The number of nitrogens with zero attached hydrogens (tertiary/aromatic N) is 1. The number of aryl methyl sites for hydroxylation is 2. The van der Waals surface area contributed by atoms with Crippen molar-refractivity contribution in [2.75, 3.05) is 24.3 Å². The van der Waals surface area contributed by atoms with Crippen molar-refractivity contribution < 1.29 is 0 Å². The fourth-order valence-corrected chi connectivity index (χ4v) is 2.16. The van der Waals surface area contributed by atoms with E-state index >= 15 is 0 Å². The van der Waals surface area contributed by atoms with Crippen LogP contribution in [0.3, 0.4) is 0 Å². The molecule has 2 rings (SSSR count). The Labute approximate surface area is 109 Å². The first-order chi connectivity index (χ1) is 8.60. The van der Waals surface area contributed by atoms with E-state index in [1.165, 1.54) is 22.5 Å². The maximum Gasteiger partial charge on any atom is 0.0428 e. The first-order valence-electron chi connectivity index (χ1n) is 6.20. The van der Waals surface area contributed by atoms with E-state index in [1.54, 1.807) is 0 Å². The summed E-state index contributed by atoms with van der Waals surface area (Å²) in [5.74, 6) is 0. The highest BCUT2D eigenvalue weighted by molar-refractivity contribution is 5.67. The van der Waals surface area contributed by atoms with Crippen LogP contribution in [0.4, 0.5) is 17.1 Å². The molecule has 0 radical (unpaired) electrons. The third-order valence-corrected chi connectivity index (χ3v) is 3.12. The van der Waals surface area contributed by atoms with Crippen molar-refractivity contribution in [1.82, 2.24) is 0 Å². The van der Waals surface area contributed by atoms with Crippen LogP contribution >= 0.6 is 0 Å². The van der Waals surface area contributed by atoms with Crippen molar-refractivity contribution in [3.63, 3.8) is 0 Å². The topological polar surface area (TPSA) is 15.3 Å². The second kappa shape index (κ2) is 5.13. The van der Waals surface area contributed by atoms with E-state index in [0.717, 1.165) is 5.69 Å². The van der Waals surface area contributed by atoms with E-state index in [4.69, 9.17) is 0 Å². The number of hydrogen-bond acceptors (Lipinski definition) is 2. The van der Waals surface area contributed by atoms with Crippen LogP contribution in [0.5, 0.6) is 0 Å². The number of benzene rings is 2. The highest BCUT2D eigenvalue weighted by Gasteiger charge is 2.05. The zero-order valence-corrected chi connectivity index (χ0v) is 11.5. The molecule has 0 spiro atoms. The molecule has 0 saturated carbocycles. The predicted octanol–water partition coefficient (Wildman–Crippen LogP) is 4.11. The Kier molecular flexibility index (Phi) is 3.56. The second-order valence-corrected chi connectivity index (χ2v) is 4.71. The molecule has 0 aliphatic heterocycles. The third kappa shape index (κ3) is 2.65. The van der Waals surface area contributed by atoms with E-state index in [0.29, 0.717) is 0 Å². The molecule has 0 atom stereocenters. The zero-order valence-electron chi connectivity index (χ0n) is 11.5. The van der Waals surface area contributed by atoms with Crippen LogP contribution in [0.25, 0.3) is 0 Å². The number of hydrogen-bond donors (Lipinski definition) is 1. The smallest absolute Gasteiger partial charge is 0.0428 e. The van der Waals surface area contributed by atoms with Gasteiger partial charge in [0.2, 0.25) is 0 Å². The molecular formula is C16H20N2. The van der Waals surface area contributed by atoms with Crippen molar-refractivity contribution in [3.8, 4) is 0 Å². The molecule has 0 amide bonds. The maximum absolute atomic E-state index is 3.17. The standard InChI is InChI=1S/C16H20N2/c1-12-8-13(2)10-16(9-12)18(4)15-7-5-6-14(11-15)17-3/h5-11,17H,1-4H3. The summed E-state index contributed by atoms with van der Waals surface area (Å²) in [7, 11) is 4.04. The lowest BCUT2D eigenvalue weighted by Crippen LogP contribution is -2.10. The summed E-state index contributed by atoms with van der Waals surface area (Å²) < 4.78 is 0. The van der Waals surface area contributed by atoms with E-state index < -0.39 is 0 Å². The monoisotopic (exact) mass is 240 g/mol. The highest BCUT2D eigenvalue weighted by atomic mass is 15.1. The molecule has 0 saturated heterocycles. The van der Waals surface area contributed by atoms with Gasteiger partial charge in [-0.2, -0.15) is 0 Å². The molecule has 0 unspecified atom stereocenters. The van der Waals surface area contributed by atoms with Gasteiger partial charge in [-0.25, -0.2) is 0 Å². The van der Waals surface area contributed by atoms with Crippen molar-refractivity contribution in [1.29, 1.82) is 0 Å². The number of rotatable bonds is 3. The first kappa shape index (κ1) is 12.5. The van der Waals surface area contributed by atoms with Gasteiger partial charge in [-0.05, 0) is 55.3 Å². The van der Waals surface area contributed by atoms with Gasteiger partial charge in [0.05, 0.1) is 0 Å². The Balaban J connectivity index is 2.37. The van der Waals surface area contributed by atoms with Gasteiger partial charge in [-0.15, -0.1) is 0 Å². The predicted molar refractivity (Wildman–Crippen MR) is 80.0 cm³/mol. The van der Waals surface area contributed by atoms with Gasteiger partial charge >= 0.3 is 0 Å². The first-order valence-corrected chi connectivity index (χ1v) is 6.20. The largest absolute Gasteiger partial charge is 0.388 e. The molecule has 0 aromatic heterocycles. The molecule has 0 heterocycles. The molecule has 18 heavy (non-hydrogen) atoms. The normalized spacial score (nSPS) is 10.2. The summed E-state index contributed by atoms with van der Waals surface area (Å²) in [6.45, 7) is 4.27. The van der Waals surface area contributed by atoms with Crippen LogP contribution in [-0.4, -0.2) is 14.1 Å². The van der Waals surface area contributed by atoms with Crippen molar-refractivity contribution >= 4 is 17.1 Å². The van der Waals surface area contributed by atoms with Gasteiger partial charge in [0.15, 0.2) is 0 Å². The highest BCUT2D eigenvalue weighted by Crippen LogP contribution is 2.27. The molecule has 0 fully saturated rings. The zero-order chi connectivity index (χ0) is 13.1. The van der Waals surface area contributed by atoms with Gasteiger partial charge in [-0.1, -0.05) is 12.1 Å². The Morgan fingerprint density at radius 2 is 1.56 bits per heavy atom. The number of anilines is 3. The second-order valence-electron chi connectivity index (χ2n) is 4.71. The van der Waals surface area contributed by atoms with E-state index in [-0.39, 0.29) is 0 Å². The van der Waals surface area contributed by atoms with Crippen LogP contribution in [0.2, 0.25) is 0 Å². The van der Waals surface area contributed by atoms with E-state index in [9.17, 15) is 0 Å². The average molecular weight is 240 g/mol.